The Labute approximate surface area is 82.5 Å². The fraction of sp³-hybridized carbons (Fsp3) is 0.400. The third-order valence-corrected chi connectivity index (χ3v) is 2.21. The summed E-state index contributed by atoms with van der Waals surface area (Å²) in [5.41, 5.74) is -0.337. The summed E-state index contributed by atoms with van der Waals surface area (Å²) in [5, 5.41) is 9.04. The van der Waals surface area contributed by atoms with Crippen LogP contribution in [0.2, 0.25) is 0 Å². The van der Waals surface area contributed by atoms with Gasteiger partial charge in [-0.25, -0.2) is 0 Å². The Bertz CT molecular complexity index is 347. The molecule has 76 valence electrons. The molecule has 14 heavy (non-hydrogen) atoms. The highest BCUT2D eigenvalue weighted by Crippen LogP contribution is 2.30. The molecule has 0 atom stereocenters. The van der Waals surface area contributed by atoms with Crippen LogP contribution >= 0.6 is 0 Å². The lowest BCUT2D eigenvalue weighted by Gasteiger charge is -2.21. The number of carbonyl (C=O) groups is 1. The Kier molecular flexibility index (Phi) is 2.74. The number of rotatable bonds is 3. The van der Waals surface area contributed by atoms with Gasteiger partial charge in [-0.05, 0) is 19.9 Å². The second-order valence-corrected chi connectivity index (χ2v) is 3.51. The van der Waals surface area contributed by atoms with Gasteiger partial charge < -0.3 is 9.84 Å². The summed E-state index contributed by atoms with van der Waals surface area (Å²) in [6.45, 7) is 3.26. The van der Waals surface area contributed by atoms with Crippen LogP contribution in [-0.4, -0.2) is 23.2 Å². The largest absolute Gasteiger partial charge is 0.495 e. The topological polar surface area (TPSA) is 59.4 Å². The minimum atomic E-state index is -0.964. The molecule has 1 rings (SSSR count). The molecule has 1 aromatic heterocycles. The minimum Gasteiger partial charge on any atom is -0.495 e. The van der Waals surface area contributed by atoms with E-state index in [9.17, 15) is 4.79 Å². The van der Waals surface area contributed by atoms with Gasteiger partial charge in [0.15, 0.2) is 0 Å². The van der Waals surface area contributed by atoms with Gasteiger partial charge in [-0.1, -0.05) is 0 Å². The van der Waals surface area contributed by atoms with Gasteiger partial charge >= 0.3 is 5.97 Å². The summed E-state index contributed by atoms with van der Waals surface area (Å²) in [4.78, 5) is 14.9. The lowest BCUT2D eigenvalue weighted by atomic mass is 9.85. The molecule has 0 aliphatic carbocycles. The molecule has 0 saturated carbocycles. The molecule has 4 heteroatoms. The van der Waals surface area contributed by atoms with Crippen LogP contribution in [0.15, 0.2) is 18.5 Å². The smallest absolute Gasteiger partial charge is 0.313 e. The van der Waals surface area contributed by atoms with Crippen LogP contribution in [0.3, 0.4) is 0 Å². The monoisotopic (exact) mass is 195 g/mol. The summed E-state index contributed by atoms with van der Waals surface area (Å²) in [7, 11) is 1.50. The van der Waals surface area contributed by atoms with Gasteiger partial charge in [0.25, 0.3) is 0 Å². The van der Waals surface area contributed by atoms with E-state index in [0.29, 0.717) is 11.3 Å². The number of hydrogen-bond donors (Lipinski definition) is 1. The van der Waals surface area contributed by atoms with E-state index in [1.165, 1.54) is 13.3 Å². The first-order valence-electron chi connectivity index (χ1n) is 4.22. The zero-order valence-corrected chi connectivity index (χ0v) is 8.44. The van der Waals surface area contributed by atoms with E-state index in [-0.39, 0.29) is 0 Å². The van der Waals surface area contributed by atoms with Gasteiger partial charge in [-0.2, -0.15) is 0 Å². The highest BCUT2D eigenvalue weighted by molar-refractivity contribution is 5.81. The first kappa shape index (κ1) is 10.5. The number of methoxy groups -OCH3 is 1. The van der Waals surface area contributed by atoms with Crippen molar-refractivity contribution in [3.05, 3.63) is 24.0 Å². The average Bonchev–Trinajstić information content (AvgIpc) is 2.17. The Balaban J connectivity index is 3.24. The molecule has 0 aromatic carbocycles. The number of ether oxygens (including phenoxy) is 1. The first-order valence-corrected chi connectivity index (χ1v) is 4.22. The summed E-state index contributed by atoms with van der Waals surface area (Å²) in [6, 6.07) is 1.66. The molecule has 0 unspecified atom stereocenters. The van der Waals surface area contributed by atoms with Crippen LogP contribution < -0.4 is 4.74 Å². The zero-order valence-electron chi connectivity index (χ0n) is 8.44. The molecule has 1 aromatic rings. The number of nitrogens with zero attached hydrogens (tertiary/aromatic N) is 1. The number of carboxylic acid groups (broad SMARTS) is 1. The quantitative estimate of drug-likeness (QED) is 0.793. The molecular formula is C10H13NO3. The van der Waals surface area contributed by atoms with Gasteiger partial charge in [0.1, 0.15) is 5.75 Å². The summed E-state index contributed by atoms with van der Waals surface area (Å²) >= 11 is 0. The van der Waals surface area contributed by atoms with Gasteiger partial charge in [-0.3, -0.25) is 9.78 Å². The van der Waals surface area contributed by atoms with Crippen LogP contribution in [0.4, 0.5) is 0 Å². The number of carboxylic acids is 1. The molecule has 0 bridgehead atoms. The maximum absolute atomic E-state index is 11.0. The van der Waals surface area contributed by atoms with Crippen LogP contribution in [0.1, 0.15) is 19.4 Å². The maximum Gasteiger partial charge on any atom is 0.313 e. The van der Waals surface area contributed by atoms with E-state index in [1.54, 1.807) is 26.1 Å². The minimum absolute atomic E-state index is 0.500. The van der Waals surface area contributed by atoms with Crippen molar-refractivity contribution in [1.82, 2.24) is 4.98 Å². The van der Waals surface area contributed by atoms with E-state index in [1.807, 2.05) is 0 Å². The van der Waals surface area contributed by atoms with Crippen molar-refractivity contribution in [3.63, 3.8) is 0 Å². The number of aromatic nitrogens is 1. The van der Waals surface area contributed by atoms with Crippen molar-refractivity contribution in [2.24, 2.45) is 0 Å². The van der Waals surface area contributed by atoms with E-state index in [0.717, 1.165) is 0 Å². The Morgan fingerprint density at radius 2 is 2.21 bits per heavy atom. The summed E-state index contributed by atoms with van der Waals surface area (Å²) in [6.07, 6.45) is 3.07. The second kappa shape index (κ2) is 3.65. The van der Waals surface area contributed by atoms with Gasteiger partial charge in [0.2, 0.25) is 0 Å². The molecule has 0 radical (unpaired) electrons. The lowest BCUT2D eigenvalue weighted by Crippen LogP contribution is -2.29. The molecule has 4 nitrogen and oxygen atoms in total. The fourth-order valence-corrected chi connectivity index (χ4v) is 1.17. The predicted molar refractivity (Wildman–Crippen MR) is 51.5 cm³/mol. The van der Waals surface area contributed by atoms with E-state index < -0.39 is 11.4 Å². The molecule has 0 aliphatic heterocycles. The van der Waals surface area contributed by atoms with E-state index in [2.05, 4.69) is 4.98 Å². The second-order valence-electron chi connectivity index (χ2n) is 3.51. The van der Waals surface area contributed by atoms with Crippen LogP contribution in [-0.2, 0) is 10.2 Å². The Morgan fingerprint density at radius 1 is 1.57 bits per heavy atom. The van der Waals surface area contributed by atoms with Crippen LogP contribution in [0.25, 0.3) is 0 Å². The first-order chi connectivity index (χ1) is 6.50. The third-order valence-electron chi connectivity index (χ3n) is 2.21. The number of aliphatic carboxylic acids is 1. The highest BCUT2D eigenvalue weighted by Gasteiger charge is 2.32. The summed E-state index contributed by atoms with van der Waals surface area (Å²) in [5.74, 6) is -0.387. The van der Waals surface area contributed by atoms with Crippen molar-refractivity contribution in [1.29, 1.82) is 0 Å². The van der Waals surface area contributed by atoms with Crippen molar-refractivity contribution >= 4 is 5.97 Å². The molecule has 1 N–H and O–H groups in total. The molecule has 0 saturated heterocycles. The molecule has 0 amide bonds. The standard InChI is InChI=1S/C10H13NO3/c1-10(2,9(12)13)7-4-5-11-6-8(7)14-3/h4-6H,1-3H3,(H,12,13). The fourth-order valence-electron chi connectivity index (χ4n) is 1.17. The number of hydrogen-bond acceptors (Lipinski definition) is 3. The SMILES string of the molecule is COc1cnccc1C(C)(C)C(=O)O. The third kappa shape index (κ3) is 1.69. The van der Waals surface area contributed by atoms with E-state index >= 15 is 0 Å². The Hall–Kier alpha value is -1.58. The average molecular weight is 195 g/mol. The van der Waals surface area contributed by atoms with Crippen molar-refractivity contribution in [3.8, 4) is 5.75 Å². The zero-order chi connectivity index (χ0) is 10.8. The van der Waals surface area contributed by atoms with Gasteiger partial charge in [0, 0.05) is 11.8 Å². The van der Waals surface area contributed by atoms with Crippen molar-refractivity contribution < 1.29 is 14.6 Å². The van der Waals surface area contributed by atoms with Crippen molar-refractivity contribution in [2.45, 2.75) is 19.3 Å². The molecular weight excluding hydrogens is 182 g/mol. The van der Waals surface area contributed by atoms with E-state index in [4.69, 9.17) is 9.84 Å². The lowest BCUT2D eigenvalue weighted by molar-refractivity contribution is -0.142. The van der Waals surface area contributed by atoms with Gasteiger partial charge in [-0.15, -0.1) is 0 Å². The highest BCUT2D eigenvalue weighted by atomic mass is 16.5. The molecule has 0 aliphatic rings. The van der Waals surface area contributed by atoms with Crippen LogP contribution in [0.5, 0.6) is 5.75 Å². The molecule has 0 fully saturated rings. The Morgan fingerprint density at radius 3 is 2.71 bits per heavy atom. The summed E-state index contributed by atoms with van der Waals surface area (Å²) < 4.78 is 5.06. The van der Waals surface area contributed by atoms with Gasteiger partial charge in [0.05, 0.1) is 18.7 Å². The maximum atomic E-state index is 11.0. The normalized spacial score (nSPS) is 11.1. The molecule has 1 heterocycles. The van der Waals surface area contributed by atoms with Crippen LogP contribution in [0, 0.1) is 0 Å². The van der Waals surface area contributed by atoms with Crippen molar-refractivity contribution in [2.75, 3.05) is 7.11 Å². The number of pyridine rings is 1. The predicted octanol–water partition coefficient (Wildman–Crippen LogP) is 1.45. The molecule has 0 spiro atoms.